The lowest BCUT2D eigenvalue weighted by Crippen LogP contribution is -2.32. The molecule has 1 aliphatic rings. The van der Waals surface area contributed by atoms with Crippen molar-refractivity contribution in [1.29, 1.82) is 0 Å². The molecule has 0 aliphatic carbocycles. The molecule has 104 valence electrons. The number of nitrogens with one attached hydrogen (secondary N) is 1. The zero-order chi connectivity index (χ0) is 14.0. The number of carbonyl (C=O) groups is 1. The fraction of sp³-hybridized carbons (Fsp3) is 0.615. The Kier molecular flexibility index (Phi) is 3.82. The lowest BCUT2D eigenvalue weighted by molar-refractivity contribution is -0.0211. The molecule has 0 fully saturated rings. The summed E-state index contributed by atoms with van der Waals surface area (Å²) in [5.41, 5.74) is 0.920. The molecule has 0 radical (unpaired) electrons. The van der Waals surface area contributed by atoms with Crippen LogP contribution in [0.4, 0.5) is 0 Å². The van der Waals surface area contributed by atoms with Crippen LogP contribution in [-0.4, -0.2) is 34.2 Å². The van der Waals surface area contributed by atoms with Crippen molar-refractivity contribution in [3.63, 3.8) is 0 Å². The number of aromatic carboxylic acids is 1. The highest BCUT2D eigenvalue weighted by Gasteiger charge is 2.29. The second-order valence-electron chi connectivity index (χ2n) is 5.00. The van der Waals surface area contributed by atoms with E-state index in [9.17, 15) is 9.90 Å². The standard InChI is InChI=1S/C13H19N3O3/c1-4-19-13(2,3)12-15-9-7-14-6-5-8(9)10(16-12)11(17)18/h14H,4-7H2,1-3H3,(H,17,18). The maximum absolute atomic E-state index is 11.4. The monoisotopic (exact) mass is 265 g/mol. The molecular weight excluding hydrogens is 246 g/mol. The number of hydrogen-bond donors (Lipinski definition) is 2. The summed E-state index contributed by atoms with van der Waals surface area (Å²) in [7, 11) is 0. The van der Waals surface area contributed by atoms with Gasteiger partial charge in [0.2, 0.25) is 0 Å². The Morgan fingerprint density at radius 1 is 1.47 bits per heavy atom. The van der Waals surface area contributed by atoms with Crippen LogP contribution in [-0.2, 0) is 23.3 Å². The van der Waals surface area contributed by atoms with E-state index in [0.717, 1.165) is 17.8 Å². The number of carboxylic acid groups (broad SMARTS) is 1. The van der Waals surface area contributed by atoms with Crippen LogP contribution >= 0.6 is 0 Å². The van der Waals surface area contributed by atoms with Gasteiger partial charge in [0.1, 0.15) is 5.60 Å². The summed E-state index contributed by atoms with van der Waals surface area (Å²) in [5, 5.41) is 12.5. The summed E-state index contributed by atoms with van der Waals surface area (Å²) >= 11 is 0. The van der Waals surface area contributed by atoms with Crippen LogP contribution in [0.1, 0.15) is 48.3 Å². The summed E-state index contributed by atoms with van der Waals surface area (Å²) < 4.78 is 5.60. The van der Waals surface area contributed by atoms with Crippen LogP contribution in [0.5, 0.6) is 0 Å². The SMILES string of the molecule is CCOC(C)(C)c1nc2c(c(C(=O)O)n1)CCNC2. The number of hydrogen-bond acceptors (Lipinski definition) is 5. The van der Waals surface area contributed by atoms with E-state index in [-0.39, 0.29) is 5.69 Å². The van der Waals surface area contributed by atoms with E-state index in [1.807, 2.05) is 20.8 Å². The molecule has 0 bridgehead atoms. The number of carboxylic acids is 1. The summed E-state index contributed by atoms with van der Waals surface area (Å²) in [6.07, 6.45) is 0.645. The van der Waals surface area contributed by atoms with E-state index in [1.165, 1.54) is 0 Å². The Morgan fingerprint density at radius 2 is 2.21 bits per heavy atom. The van der Waals surface area contributed by atoms with Gasteiger partial charge in [0, 0.05) is 18.7 Å². The average Bonchev–Trinajstić information content (AvgIpc) is 2.37. The van der Waals surface area contributed by atoms with Gasteiger partial charge in [-0.05, 0) is 33.7 Å². The molecule has 0 saturated carbocycles. The molecule has 6 heteroatoms. The Hall–Kier alpha value is -1.53. The second-order valence-corrected chi connectivity index (χ2v) is 5.00. The minimum absolute atomic E-state index is 0.106. The van der Waals surface area contributed by atoms with Gasteiger partial charge in [-0.15, -0.1) is 0 Å². The van der Waals surface area contributed by atoms with Gasteiger partial charge in [0.25, 0.3) is 0 Å². The van der Waals surface area contributed by atoms with Crippen LogP contribution in [0.2, 0.25) is 0 Å². The van der Waals surface area contributed by atoms with Crippen molar-refractivity contribution in [2.45, 2.75) is 39.3 Å². The third kappa shape index (κ3) is 2.74. The van der Waals surface area contributed by atoms with Crippen molar-refractivity contribution in [3.05, 3.63) is 22.8 Å². The van der Waals surface area contributed by atoms with Crippen LogP contribution < -0.4 is 5.32 Å². The molecule has 6 nitrogen and oxygen atoms in total. The van der Waals surface area contributed by atoms with E-state index >= 15 is 0 Å². The number of rotatable bonds is 4. The first-order valence-electron chi connectivity index (χ1n) is 6.44. The molecule has 0 unspecified atom stereocenters. The smallest absolute Gasteiger partial charge is 0.354 e. The van der Waals surface area contributed by atoms with Crippen LogP contribution in [0.3, 0.4) is 0 Å². The molecule has 2 heterocycles. The van der Waals surface area contributed by atoms with Crippen molar-refractivity contribution in [1.82, 2.24) is 15.3 Å². The van der Waals surface area contributed by atoms with Gasteiger partial charge in [-0.3, -0.25) is 0 Å². The van der Waals surface area contributed by atoms with E-state index in [1.54, 1.807) is 0 Å². The topological polar surface area (TPSA) is 84.3 Å². The van der Waals surface area contributed by atoms with E-state index in [2.05, 4.69) is 15.3 Å². The van der Waals surface area contributed by atoms with Gasteiger partial charge in [-0.25, -0.2) is 14.8 Å². The van der Waals surface area contributed by atoms with E-state index < -0.39 is 11.6 Å². The summed E-state index contributed by atoms with van der Waals surface area (Å²) in [6.45, 7) is 7.44. The fourth-order valence-electron chi connectivity index (χ4n) is 2.23. The van der Waals surface area contributed by atoms with Gasteiger partial charge in [0.05, 0.1) is 5.69 Å². The Bertz CT molecular complexity index is 500. The second kappa shape index (κ2) is 5.22. The highest BCUT2D eigenvalue weighted by molar-refractivity contribution is 5.87. The van der Waals surface area contributed by atoms with Gasteiger partial charge in [-0.2, -0.15) is 0 Å². The Labute approximate surface area is 112 Å². The third-order valence-electron chi connectivity index (χ3n) is 3.18. The molecule has 1 aromatic rings. The Balaban J connectivity index is 2.52. The van der Waals surface area contributed by atoms with Crippen molar-refractivity contribution in [2.75, 3.05) is 13.2 Å². The molecule has 0 saturated heterocycles. The zero-order valence-corrected chi connectivity index (χ0v) is 11.5. The van der Waals surface area contributed by atoms with Crippen molar-refractivity contribution < 1.29 is 14.6 Å². The van der Waals surface area contributed by atoms with Gasteiger partial charge >= 0.3 is 5.97 Å². The zero-order valence-electron chi connectivity index (χ0n) is 11.5. The van der Waals surface area contributed by atoms with Gasteiger partial charge < -0.3 is 15.2 Å². The minimum Gasteiger partial charge on any atom is -0.477 e. The lowest BCUT2D eigenvalue weighted by atomic mass is 10.0. The molecule has 0 amide bonds. The van der Waals surface area contributed by atoms with Crippen molar-refractivity contribution in [2.24, 2.45) is 0 Å². The molecule has 0 spiro atoms. The first kappa shape index (κ1) is 13.9. The molecule has 1 aliphatic heterocycles. The van der Waals surface area contributed by atoms with Gasteiger partial charge in [0.15, 0.2) is 11.5 Å². The molecule has 19 heavy (non-hydrogen) atoms. The number of ether oxygens (including phenoxy) is 1. The highest BCUT2D eigenvalue weighted by Crippen LogP contribution is 2.25. The van der Waals surface area contributed by atoms with E-state index in [0.29, 0.717) is 25.4 Å². The first-order chi connectivity index (χ1) is 8.95. The van der Waals surface area contributed by atoms with Crippen molar-refractivity contribution >= 4 is 5.97 Å². The van der Waals surface area contributed by atoms with Crippen LogP contribution in [0.25, 0.3) is 0 Å². The van der Waals surface area contributed by atoms with Gasteiger partial charge in [-0.1, -0.05) is 0 Å². The predicted octanol–water partition coefficient (Wildman–Crippen LogP) is 1.09. The maximum Gasteiger partial charge on any atom is 0.354 e. The first-order valence-corrected chi connectivity index (χ1v) is 6.44. The fourth-order valence-corrected chi connectivity index (χ4v) is 2.23. The average molecular weight is 265 g/mol. The number of fused-ring (bicyclic) bond motifs is 1. The summed E-state index contributed by atoms with van der Waals surface area (Å²) in [5.74, 6) is -0.580. The summed E-state index contributed by atoms with van der Waals surface area (Å²) in [4.78, 5) is 20.1. The maximum atomic E-state index is 11.4. The molecule has 0 aromatic carbocycles. The molecule has 0 atom stereocenters. The van der Waals surface area contributed by atoms with E-state index in [4.69, 9.17) is 4.74 Å². The summed E-state index contributed by atoms with van der Waals surface area (Å²) in [6, 6.07) is 0. The highest BCUT2D eigenvalue weighted by atomic mass is 16.5. The predicted molar refractivity (Wildman–Crippen MR) is 69.1 cm³/mol. The molecular formula is C13H19N3O3. The molecule has 1 aromatic heterocycles. The molecule has 2 rings (SSSR count). The van der Waals surface area contributed by atoms with Crippen molar-refractivity contribution in [3.8, 4) is 0 Å². The lowest BCUT2D eigenvalue weighted by Gasteiger charge is -2.26. The number of nitrogens with zero attached hydrogens (tertiary/aromatic N) is 2. The normalized spacial score (nSPS) is 15.1. The third-order valence-corrected chi connectivity index (χ3v) is 3.18. The largest absolute Gasteiger partial charge is 0.477 e. The molecule has 2 N–H and O–H groups in total. The van der Waals surface area contributed by atoms with Crippen LogP contribution in [0.15, 0.2) is 0 Å². The Morgan fingerprint density at radius 3 is 2.84 bits per heavy atom. The quantitative estimate of drug-likeness (QED) is 0.848. The minimum atomic E-state index is -1.01. The van der Waals surface area contributed by atoms with Crippen LogP contribution in [0, 0.1) is 0 Å². The number of aromatic nitrogens is 2.